The van der Waals surface area contributed by atoms with Crippen LogP contribution in [0, 0.1) is 0 Å². The monoisotopic (exact) mass is 335 g/mol. The number of amides is 1. The van der Waals surface area contributed by atoms with E-state index in [1.807, 2.05) is 12.1 Å². The van der Waals surface area contributed by atoms with Gasteiger partial charge in [0.15, 0.2) is 0 Å². The lowest BCUT2D eigenvalue weighted by Gasteiger charge is -2.04. The van der Waals surface area contributed by atoms with Gasteiger partial charge in [-0.25, -0.2) is 13.6 Å². The van der Waals surface area contributed by atoms with Crippen molar-refractivity contribution < 1.29 is 13.2 Å². The predicted molar refractivity (Wildman–Crippen MR) is 81.0 cm³/mol. The Morgan fingerprint density at radius 3 is 2.68 bits per heavy atom. The van der Waals surface area contributed by atoms with Gasteiger partial charge in [0.2, 0.25) is 9.47 Å². The molecule has 0 aliphatic heterocycles. The van der Waals surface area contributed by atoms with Gasteiger partial charge >= 0.3 is 0 Å². The molecule has 112 valence electrons. The second-order valence-corrected chi connectivity index (χ2v) is 6.97. The van der Waals surface area contributed by atoms with Gasteiger partial charge in [-0.2, -0.15) is 0 Å². The number of rotatable bonds is 3. The molecule has 0 radical (unpaired) electrons. The first-order chi connectivity index (χ1) is 10.4. The first-order valence-corrected chi connectivity index (χ1v) is 8.33. The summed E-state index contributed by atoms with van der Waals surface area (Å²) in [5.74, 6) is -0.457. The highest BCUT2D eigenvalue weighted by Gasteiger charge is 2.18. The number of carbonyl (C=O) groups is 1. The molecule has 0 unspecified atom stereocenters. The maximum absolute atomic E-state index is 12.3. The molecule has 0 saturated heterocycles. The second kappa shape index (κ2) is 5.40. The van der Waals surface area contributed by atoms with Crippen LogP contribution >= 0.6 is 11.3 Å². The van der Waals surface area contributed by atoms with Crippen molar-refractivity contribution in [2.45, 2.75) is 4.34 Å². The highest BCUT2D eigenvalue weighted by atomic mass is 32.2. The number of nitrogens with zero attached hydrogens (tertiary/aromatic N) is 3. The number of nitrogens with two attached hydrogens (primary N) is 1. The minimum atomic E-state index is -3.94. The fourth-order valence-electron chi connectivity index (χ4n) is 1.83. The largest absolute Gasteiger partial charge is 0.296 e. The van der Waals surface area contributed by atoms with E-state index in [0.717, 1.165) is 5.39 Å². The molecule has 3 aromatic rings. The number of sulfonamides is 1. The molecule has 3 rings (SSSR count). The minimum Gasteiger partial charge on any atom is -0.296 e. The number of aromatic nitrogens is 3. The van der Waals surface area contributed by atoms with Gasteiger partial charge in [0.1, 0.15) is 0 Å². The Morgan fingerprint density at radius 1 is 1.18 bits per heavy atom. The number of para-hydroxylation sites is 1. The maximum Gasteiger partial charge on any atom is 0.267 e. The van der Waals surface area contributed by atoms with Crippen molar-refractivity contribution in [2.24, 2.45) is 5.14 Å². The number of hydrogen-bond donors (Lipinski definition) is 2. The Bertz CT molecular complexity index is 962. The number of carbonyl (C=O) groups excluding carboxylic acids is 1. The molecule has 1 amide bonds. The molecule has 0 aliphatic rings. The van der Waals surface area contributed by atoms with Gasteiger partial charge in [-0.1, -0.05) is 29.5 Å². The third-order valence-electron chi connectivity index (χ3n) is 2.75. The van der Waals surface area contributed by atoms with Crippen LogP contribution in [0.4, 0.5) is 5.13 Å². The van der Waals surface area contributed by atoms with E-state index in [9.17, 15) is 13.2 Å². The van der Waals surface area contributed by atoms with Gasteiger partial charge in [0.05, 0.1) is 11.1 Å². The van der Waals surface area contributed by atoms with E-state index >= 15 is 0 Å². The summed E-state index contributed by atoms with van der Waals surface area (Å²) in [6.45, 7) is 0. The van der Waals surface area contributed by atoms with Crippen molar-refractivity contribution in [3.63, 3.8) is 0 Å². The van der Waals surface area contributed by atoms with Crippen LogP contribution in [0.1, 0.15) is 10.4 Å². The summed E-state index contributed by atoms with van der Waals surface area (Å²) < 4.78 is 21.9. The van der Waals surface area contributed by atoms with E-state index in [-0.39, 0.29) is 9.47 Å². The van der Waals surface area contributed by atoms with E-state index in [4.69, 9.17) is 5.14 Å². The molecule has 0 saturated carbocycles. The molecule has 0 atom stereocenters. The summed E-state index contributed by atoms with van der Waals surface area (Å²) in [5.41, 5.74) is 0.893. The van der Waals surface area contributed by atoms with E-state index in [0.29, 0.717) is 22.4 Å². The molecule has 10 heteroatoms. The average Bonchev–Trinajstić information content (AvgIpc) is 2.95. The van der Waals surface area contributed by atoms with E-state index in [2.05, 4.69) is 20.5 Å². The molecule has 2 heterocycles. The van der Waals surface area contributed by atoms with Crippen LogP contribution in [0.5, 0.6) is 0 Å². The summed E-state index contributed by atoms with van der Waals surface area (Å²) in [4.78, 5) is 16.5. The standard InChI is InChI=1S/C12H9N5O3S2/c13-22(19,20)12-17-16-11(21-12)15-10(18)8-5-1-3-7-4-2-6-14-9(7)8/h1-6H,(H2,13,19,20)(H,15,16,18). The van der Waals surface area contributed by atoms with Gasteiger partial charge in [0.25, 0.3) is 15.9 Å². The fraction of sp³-hybridized carbons (Fsp3) is 0. The van der Waals surface area contributed by atoms with Gasteiger partial charge < -0.3 is 0 Å². The number of anilines is 1. The van der Waals surface area contributed by atoms with Crippen LogP contribution in [0.25, 0.3) is 10.9 Å². The second-order valence-electron chi connectivity index (χ2n) is 4.25. The minimum absolute atomic E-state index is 0.0435. The third kappa shape index (κ3) is 2.79. The summed E-state index contributed by atoms with van der Waals surface area (Å²) in [6.07, 6.45) is 1.59. The number of hydrogen-bond acceptors (Lipinski definition) is 7. The zero-order valence-electron chi connectivity index (χ0n) is 10.9. The Hall–Kier alpha value is -2.43. The van der Waals surface area contributed by atoms with Crippen molar-refractivity contribution in [3.05, 3.63) is 42.1 Å². The van der Waals surface area contributed by atoms with Gasteiger partial charge in [-0.05, 0) is 12.1 Å². The van der Waals surface area contributed by atoms with Crippen LogP contribution in [-0.2, 0) is 10.0 Å². The Morgan fingerprint density at radius 2 is 1.95 bits per heavy atom. The number of benzene rings is 1. The molecule has 8 nitrogen and oxygen atoms in total. The zero-order valence-corrected chi connectivity index (χ0v) is 12.6. The smallest absolute Gasteiger partial charge is 0.267 e. The molecule has 0 bridgehead atoms. The Balaban J connectivity index is 1.92. The van der Waals surface area contributed by atoms with Crippen LogP contribution < -0.4 is 10.5 Å². The lowest BCUT2D eigenvalue weighted by molar-refractivity contribution is 0.102. The molecule has 0 spiro atoms. The Labute approximate surface area is 129 Å². The molecular formula is C12H9N5O3S2. The van der Waals surface area contributed by atoms with Crippen molar-refractivity contribution in [3.8, 4) is 0 Å². The molecule has 0 fully saturated rings. The SMILES string of the molecule is NS(=O)(=O)c1nnc(NC(=O)c2cccc3cccnc23)s1. The van der Waals surface area contributed by atoms with E-state index in [1.54, 1.807) is 24.4 Å². The predicted octanol–water partition coefficient (Wildman–Crippen LogP) is 0.986. The number of pyridine rings is 1. The summed E-state index contributed by atoms with van der Waals surface area (Å²) in [7, 11) is -3.94. The lowest BCUT2D eigenvalue weighted by Crippen LogP contribution is -2.12. The first-order valence-electron chi connectivity index (χ1n) is 5.96. The average molecular weight is 335 g/mol. The van der Waals surface area contributed by atoms with Gasteiger partial charge in [0, 0.05) is 11.6 Å². The third-order valence-corrected chi connectivity index (χ3v) is 4.90. The molecule has 0 aliphatic carbocycles. The van der Waals surface area contributed by atoms with E-state index < -0.39 is 15.9 Å². The highest BCUT2D eigenvalue weighted by Crippen LogP contribution is 2.21. The Kier molecular flexibility index (Phi) is 3.56. The zero-order chi connectivity index (χ0) is 15.7. The van der Waals surface area contributed by atoms with Crippen molar-refractivity contribution in [2.75, 3.05) is 5.32 Å². The van der Waals surface area contributed by atoms with Crippen molar-refractivity contribution >= 4 is 43.3 Å². The summed E-state index contributed by atoms with van der Waals surface area (Å²) in [5, 5.41) is 15.3. The maximum atomic E-state index is 12.3. The lowest BCUT2D eigenvalue weighted by atomic mass is 10.1. The topological polar surface area (TPSA) is 128 Å². The van der Waals surface area contributed by atoms with Crippen LogP contribution in [0.3, 0.4) is 0 Å². The first kappa shape index (κ1) is 14.5. The molecule has 3 N–H and O–H groups in total. The van der Waals surface area contributed by atoms with Crippen LogP contribution in [-0.4, -0.2) is 29.5 Å². The quantitative estimate of drug-likeness (QED) is 0.687. The van der Waals surface area contributed by atoms with Crippen LogP contribution in [0.15, 0.2) is 40.9 Å². The number of fused-ring (bicyclic) bond motifs is 1. The number of nitrogens with one attached hydrogen (secondary N) is 1. The highest BCUT2D eigenvalue weighted by molar-refractivity contribution is 7.91. The van der Waals surface area contributed by atoms with Crippen LogP contribution in [0.2, 0.25) is 0 Å². The molecule has 2 aromatic heterocycles. The van der Waals surface area contributed by atoms with E-state index in [1.165, 1.54) is 0 Å². The molecule has 1 aromatic carbocycles. The van der Waals surface area contributed by atoms with Gasteiger partial charge in [-0.15, -0.1) is 10.2 Å². The summed E-state index contributed by atoms with van der Waals surface area (Å²) in [6, 6.07) is 8.79. The molecular weight excluding hydrogens is 326 g/mol. The fourth-order valence-corrected chi connectivity index (χ4v) is 3.16. The summed E-state index contributed by atoms with van der Waals surface area (Å²) >= 11 is 0.681. The van der Waals surface area contributed by atoms with Crippen molar-refractivity contribution in [1.82, 2.24) is 15.2 Å². The van der Waals surface area contributed by atoms with Crippen molar-refractivity contribution in [1.29, 1.82) is 0 Å². The normalized spacial score (nSPS) is 11.5. The molecule has 22 heavy (non-hydrogen) atoms. The van der Waals surface area contributed by atoms with Gasteiger partial charge in [-0.3, -0.25) is 15.1 Å². The number of primary sulfonamides is 1.